The minimum absolute atomic E-state index is 0.350. The highest BCUT2D eigenvalue weighted by molar-refractivity contribution is 6.51. The van der Waals surface area contributed by atoms with Gasteiger partial charge in [0.15, 0.2) is 0 Å². The van der Waals surface area contributed by atoms with Gasteiger partial charge >= 0.3 is 0 Å². The van der Waals surface area contributed by atoms with Gasteiger partial charge in [-0.1, -0.05) is 12.2 Å². The van der Waals surface area contributed by atoms with Gasteiger partial charge in [0.1, 0.15) is 4.33 Å². The van der Waals surface area contributed by atoms with Crippen LogP contribution in [0.2, 0.25) is 0 Å². The Bertz CT molecular complexity index is 199. The van der Waals surface area contributed by atoms with E-state index in [4.69, 9.17) is 23.2 Å². The molecule has 0 spiro atoms. The Hall–Kier alpha value is 0.320. The SMILES string of the molecule is ClC1(Cl)C2C3C=CC(C3)C21. The van der Waals surface area contributed by atoms with E-state index in [2.05, 4.69) is 12.2 Å². The number of alkyl halides is 2. The standard InChI is InChI=1S/C8H8Cl2/c9-8(10)6-4-1-2-5(3-4)7(6)8/h1-2,4-7H,3H2. The number of hydrogen-bond donors (Lipinski definition) is 0. The zero-order chi connectivity index (χ0) is 6.93. The van der Waals surface area contributed by atoms with E-state index in [0.717, 1.165) is 0 Å². The molecular formula is C8H8Cl2. The molecule has 0 aromatic heterocycles. The van der Waals surface area contributed by atoms with Gasteiger partial charge in [-0.25, -0.2) is 0 Å². The maximum absolute atomic E-state index is 6.06. The molecule has 0 aliphatic heterocycles. The Morgan fingerprint density at radius 2 is 1.60 bits per heavy atom. The third-order valence-corrected chi connectivity index (χ3v) is 4.25. The molecular weight excluding hydrogens is 167 g/mol. The van der Waals surface area contributed by atoms with Crippen molar-refractivity contribution >= 4 is 23.2 Å². The highest BCUT2D eigenvalue weighted by Crippen LogP contribution is 2.73. The van der Waals surface area contributed by atoms with Crippen LogP contribution in [0.5, 0.6) is 0 Å². The van der Waals surface area contributed by atoms with E-state index in [1.54, 1.807) is 0 Å². The van der Waals surface area contributed by atoms with Crippen molar-refractivity contribution in [3.63, 3.8) is 0 Å². The summed E-state index contributed by atoms with van der Waals surface area (Å²) in [5.41, 5.74) is 0. The van der Waals surface area contributed by atoms with Crippen LogP contribution in [0.4, 0.5) is 0 Å². The first-order valence-corrected chi connectivity index (χ1v) is 4.53. The van der Waals surface area contributed by atoms with Crippen LogP contribution in [-0.4, -0.2) is 4.33 Å². The van der Waals surface area contributed by atoms with E-state index < -0.39 is 0 Å². The molecule has 2 fully saturated rings. The van der Waals surface area contributed by atoms with Crippen molar-refractivity contribution in [1.29, 1.82) is 0 Å². The number of fused-ring (bicyclic) bond motifs is 5. The largest absolute Gasteiger partial charge is 0.125 e. The second kappa shape index (κ2) is 1.42. The van der Waals surface area contributed by atoms with Crippen LogP contribution in [0.25, 0.3) is 0 Å². The van der Waals surface area contributed by atoms with Crippen molar-refractivity contribution in [3.05, 3.63) is 12.2 Å². The van der Waals surface area contributed by atoms with Crippen LogP contribution in [0.15, 0.2) is 12.2 Å². The second-order valence-electron chi connectivity index (χ2n) is 3.67. The van der Waals surface area contributed by atoms with Crippen LogP contribution in [0.3, 0.4) is 0 Å². The van der Waals surface area contributed by atoms with Crippen LogP contribution < -0.4 is 0 Å². The van der Waals surface area contributed by atoms with Crippen molar-refractivity contribution in [3.8, 4) is 0 Å². The molecule has 54 valence electrons. The Kier molecular flexibility index (Phi) is 0.838. The highest BCUT2D eigenvalue weighted by atomic mass is 35.5. The molecule has 0 saturated heterocycles. The van der Waals surface area contributed by atoms with Crippen molar-refractivity contribution in [1.82, 2.24) is 0 Å². The first-order chi connectivity index (χ1) is 4.71. The van der Waals surface area contributed by atoms with Gasteiger partial charge in [-0.3, -0.25) is 0 Å². The first-order valence-electron chi connectivity index (χ1n) is 3.77. The number of halogens is 2. The zero-order valence-electron chi connectivity index (χ0n) is 5.43. The molecule has 2 saturated carbocycles. The normalized spacial score (nSPS) is 59.0. The zero-order valence-corrected chi connectivity index (χ0v) is 6.94. The fourth-order valence-corrected chi connectivity index (χ4v) is 3.83. The third kappa shape index (κ3) is 0.454. The molecule has 0 amide bonds. The fraction of sp³-hybridized carbons (Fsp3) is 0.750. The molecule has 0 nitrogen and oxygen atoms in total. The lowest BCUT2D eigenvalue weighted by atomic mass is 10.1. The van der Waals surface area contributed by atoms with Crippen molar-refractivity contribution in [2.45, 2.75) is 10.8 Å². The maximum atomic E-state index is 6.06. The Balaban J connectivity index is 2.02. The molecule has 0 N–H and O–H groups in total. The summed E-state index contributed by atoms with van der Waals surface area (Å²) in [4.78, 5) is 0. The van der Waals surface area contributed by atoms with E-state index in [-0.39, 0.29) is 4.33 Å². The first kappa shape index (κ1) is 5.91. The predicted molar refractivity (Wildman–Crippen MR) is 42.2 cm³/mol. The fourth-order valence-electron chi connectivity index (χ4n) is 2.77. The summed E-state index contributed by atoms with van der Waals surface area (Å²) in [6.45, 7) is 0. The van der Waals surface area contributed by atoms with Crippen molar-refractivity contribution in [2.24, 2.45) is 23.7 Å². The molecule has 2 bridgehead atoms. The van der Waals surface area contributed by atoms with Gasteiger partial charge in [0.05, 0.1) is 0 Å². The molecule has 4 atom stereocenters. The lowest BCUT2D eigenvalue weighted by molar-refractivity contribution is 0.562. The van der Waals surface area contributed by atoms with Crippen molar-refractivity contribution in [2.75, 3.05) is 0 Å². The minimum atomic E-state index is -0.350. The van der Waals surface area contributed by atoms with Gasteiger partial charge in [-0.2, -0.15) is 0 Å². The van der Waals surface area contributed by atoms with Gasteiger partial charge in [0, 0.05) is 11.8 Å². The smallest absolute Gasteiger partial charge is 0.101 e. The Labute approximate surface area is 70.2 Å². The average Bonchev–Trinajstić information content (AvgIpc) is 2.37. The van der Waals surface area contributed by atoms with Gasteiger partial charge < -0.3 is 0 Å². The summed E-state index contributed by atoms with van der Waals surface area (Å²) in [7, 11) is 0. The van der Waals surface area contributed by atoms with E-state index >= 15 is 0 Å². The molecule has 4 unspecified atom stereocenters. The summed E-state index contributed by atoms with van der Waals surface area (Å²) in [6, 6.07) is 0. The molecule has 2 heteroatoms. The van der Waals surface area contributed by atoms with Crippen LogP contribution >= 0.6 is 23.2 Å². The lowest BCUT2D eigenvalue weighted by Gasteiger charge is -2.08. The third-order valence-electron chi connectivity index (χ3n) is 3.24. The highest BCUT2D eigenvalue weighted by Gasteiger charge is 2.72. The van der Waals surface area contributed by atoms with E-state index in [9.17, 15) is 0 Å². The van der Waals surface area contributed by atoms with Crippen molar-refractivity contribution < 1.29 is 0 Å². The molecule has 3 aliphatic rings. The van der Waals surface area contributed by atoms with Gasteiger partial charge in [0.25, 0.3) is 0 Å². The monoisotopic (exact) mass is 174 g/mol. The minimum Gasteiger partial charge on any atom is -0.101 e. The van der Waals surface area contributed by atoms with Gasteiger partial charge in [-0.15, -0.1) is 23.2 Å². The molecule has 3 aliphatic carbocycles. The molecule has 0 heterocycles. The lowest BCUT2D eigenvalue weighted by Crippen LogP contribution is -2.05. The average molecular weight is 175 g/mol. The number of rotatable bonds is 0. The van der Waals surface area contributed by atoms with Gasteiger partial charge in [-0.05, 0) is 18.3 Å². The van der Waals surface area contributed by atoms with Crippen LogP contribution in [-0.2, 0) is 0 Å². The summed E-state index contributed by atoms with van der Waals surface area (Å²) < 4.78 is -0.350. The number of allylic oxidation sites excluding steroid dienone is 2. The Morgan fingerprint density at radius 3 is 2.00 bits per heavy atom. The molecule has 3 rings (SSSR count). The summed E-state index contributed by atoms with van der Waals surface area (Å²) in [5, 5.41) is 0. The summed E-state index contributed by atoms with van der Waals surface area (Å²) in [5.74, 6) is 2.63. The molecule has 0 aromatic rings. The van der Waals surface area contributed by atoms with E-state index in [1.807, 2.05) is 0 Å². The number of hydrogen-bond acceptors (Lipinski definition) is 0. The predicted octanol–water partition coefficient (Wildman–Crippen LogP) is 2.61. The Morgan fingerprint density at radius 1 is 1.10 bits per heavy atom. The second-order valence-corrected chi connectivity index (χ2v) is 5.12. The molecule has 0 aromatic carbocycles. The molecule has 0 radical (unpaired) electrons. The topological polar surface area (TPSA) is 0 Å². The molecule has 10 heavy (non-hydrogen) atoms. The summed E-state index contributed by atoms with van der Waals surface area (Å²) in [6.07, 6.45) is 5.90. The van der Waals surface area contributed by atoms with Gasteiger partial charge in [0.2, 0.25) is 0 Å². The maximum Gasteiger partial charge on any atom is 0.125 e. The summed E-state index contributed by atoms with van der Waals surface area (Å²) >= 11 is 12.1. The van der Waals surface area contributed by atoms with E-state index in [1.165, 1.54) is 6.42 Å². The van der Waals surface area contributed by atoms with E-state index in [0.29, 0.717) is 23.7 Å². The van der Waals surface area contributed by atoms with Crippen LogP contribution in [0.1, 0.15) is 6.42 Å². The quantitative estimate of drug-likeness (QED) is 0.392. The van der Waals surface area contributed by atoms with Crippen LogP contribution in [0, 0.1) is 23.7 Å².